The molecule has 0 aliphatic carbocycles. The van der Waals surface area contributed by atoms with Crippen molar-refractivity contribution in [3.63, 3.8) is 0 Å². The summed E-state index contributed by atoms with van der Waals surface area (Å²) in [7, 11) is 3.15. The summed E-state index contributed by atoms with van der Waals surface area (Å²) in [6.45, 7) is 3.18. The van der Waals surface area contributed by atoms with Gasteiger partial charge in [0.25, 0.3) is 0 Å². The molecule has 0 saturated carbocycles. The fourth-order valence-electron chi connectivity index (χ4n) is 2.39. The number of rotatable bonds is 3. The van der Waals surface area contributed by atoms with Crippen molar-refractivity contribution >= 4 is 22.4 Å². The minimum atomic E-state index is -0.507. The second kappa shape index (κ2) is 4.38. The summed E-state index contributed by atoms with van der Waals surface area (Å²) in [5.74, 6) is -0.0370. The van der Waals surface area contributed by atoms with E-state index in [1.54, 1.807) is 30.7 Å². The Labute approximate surface area is 109 Å². The zero-order valence-electron chi connectivity index (χ0n) is 11.2. The van der Waals surface area contributed by atoms with Gasteiger partial charge in [-0.25, -0.2) is 0 Å². The Hall–Kier alpha value is -2.37. The summed E-state index contributed by atoms with van der Waals surface area (Å²) in [4.78, 5) is 22.6. The van der Waals surface area contributed by atoms with Gasteiger partial charge < -0.3 is 9.30 Å². The van der Waals surface area contributed by atoms with Gasteiger partial charge in [-0.2, -0.15) is 0 Å². The van der Waals surface area contributed by atoms with Crippen LogP contribution in [0.2, 0.25) is 0 Å². The molecule has 1 aromatic carbocycles. The number of aryl methyl sites for hydroxylation is 1. The van der Waals surface area contributed by atoms with Crippen molar-refractivity contribution in [2.75, 3.05) is 7.11 Å². The van der Waals surface area contributed by atoms with Crippen LogP contribution >= 0.6 is 0 Å². The fraction of sp³-hybridized carbons (Fsp3) is 0.308. The maximum Gasteiger partial charge on any atom is 0.320 e. The number of Topliss-reactive ketones (excluding diaryl/α,β-unsaturated/α-hetero) is 1. The molecule has 0 amide bonds. The minimum Gasteiger partial charge on any atom is -0.490 e. The van der Waals surface area contributed by atoms with Gasteiger partial charge >= 0.3 is 5.69 Å². The molecule has 2 aromatic rings. The lowest BCUT2D eigenvalue weighted by Gasteiger charge is -2.04. The van der Waals surface area contributed by atoms with Crippen LogP contribution in [0.4, 0.5) is 5.69 Å². The number of ether oxygens (including phenoxy) is 1. The molecule has 2 rings (SSSR count). The van der Waals surface area contributed by atoms with Crippen LogP contribution < -0.4 is 4.74 Å². The van der Waals surface area contributed by atoms with Crippen LogP contribution in [0.5, 0.6) is 5.75 Å². The summed E-state index contributed by atoms with van der Waals surface area (Å²) < 4.78 is 6.81. The maximum atomic E-state index is 11.8. The molecule has 0 bridgehead atoms. The number of fused-ring (bicyclic) bond motifs is 1. The van der Waals surface area contributed by atoms with Gasteiger partial charge in [0.1, 0.15) is 0 Å². The summed E-state index contributed by atoms with van der Waals surface area (Å²) in [6, 6.07) is 3.27. The molecule has 0 aliphatic heterocycles. The summed E-state index contributed by atoms with van der Waals surface area (Å²) in [5, 5.41) is 11.6. The second-order valence-electron chi connectivity index (χ2n) is 4.34. The van der Waals surface area contributed by atoms with E-state index >= 15 is 0 Å². The first-order valence-electron chi connectivity index (χ1n) is 5.71. The third-order valence-corrected chi connectivity index (χ3v) is 3.35. The standard InChI is InChI=1S/C13H14N2O4/c1-7-11(8(2)16)12-9(14(7)3)5-6-10(19-4)13(12)15(17)18/h5-6H,1-4H3. The van der Waals surface area contributed by atoms with Crippen LogP contribution in [-0.2, 0) is 7.05 Å². The van der Waals surface area contributed by atoms with E-state index in [-0.39, 0.29) is 17.2 Å². The molecule has 19 heavy (non-hydrogen) atoms. The zero-order chi connectivity index (χ0) is 14.3. The number of benzene rings is 1. The topological polar surface area (TPSA) is 74.4 Å². The van der Waals surface area contributed by atoms with Gasteiger partial charge in [-0.15, -0.1) is 0 Å². The van der Waals surface area contributed by atoms with E-state index in [1.807, 2.05) is 0 Å². The van der Waals surface area contributed by atoms with Crippen molar-refractivity contribution in [3.05, 3.63) is 33.5 Å². The first kappa shape index (κ1) is 13.1. The largest absolute Gasteiger partial charge is 0.490 e. The van der Waals surface area contributed by atoms with Crippen molar-refractivity contribution in [1.82, 2.24) is 4.57 Å². The molecule has 1 aromatic heterocycles. The second-order valence-corrected chi connectivity index (χ2v) is 4.34. The molecular formula is C13H14N2O4. The van der Waals surface area contributed by atoms with Gasteiger partial charge in [0.05, 0.1) is 28.5 Å². The van der Waals surface area contributed by atoms with Crippen LogP contribution in [0.3, 0.4) is 0 Å². The molecule has 1 heterocycles. The van der Waals surface area contributed by atoms with Crippen molar-refractivity contribution < 1.29 is 14.5 Å². The highest BCUT2D eigenvalue weighted by molar-refractivity contribution is 6.12. The number of carbonyl (C=O) groups is 1. The van der Waals surface area contributed by atoms with Gasteiger partial charge in [0.2, 0.25) is 0 Å². The predicted molar refractivity (Wildman–Crippen MR) is 70.9 cm³/mol. The van der Waals surface area contributed by atoms with Gasteiger partial charge in [-0.05, 0) is 26.0 Å². The van der Waals surface area contributed by atoms with Crippen molar-refractivity contribution in [2.24, 2.45) is 7.05 Å². The van der Waals surface area contributed by atoms with E-state index in [0.29, 0.717) is 22.2 Å². The van der Waals surface area contributed by atoms with Gasteiger partial charge in [0, 0.05) is 12.7 Å². The number of nitrogens with zero attached hydrogens (tertiary/aromatic N) is 2. The molecule has 6 nitrogen and oxygen atoms in total. The molecule has 0 unspecified atom stereocenters. The smallest absolute Gasteiger partial charge is 0.320 e. The molecule has 100 valence electrons. The number of carbonyl (C=O) groups excluding carboxylic acids is 1. The number of nitro groups is 1. The summed E-state index contributed by atoms with van der Waals surface area (Å²) >= 11 is 0. The highest BCUT2D eigenvalue weighted by Gasteiger charge is 2.27. The Morgan fingerprint density at radius 3 is 2.53 bits per heavy atom. The highest BCUT2D eigenvalue weighted by atomic mass is 16.6. The average molecular weight is 262 g/mol. The molecule has 0 saturated heterocycles. The molecule has 0 radical (unpaired) electrons. The number of nitro benzene ring substituents is 1. The van der Waals surface area contributed by atoms with Crippen molar-refractivity contribution in [2.45, 2.75) is 13.8 Å². The SMILES string of the molecule is COc1ccc2c(c(C(C)=O)c(C)n2C)c1[N+](=O)[O-]. The first-order valence-corrected chi connectivity index (χ1v) is 5.71. The van der Waals surface area contributed by atoms with Crippen LogP contribution in [0.25, 0.3) is 10.9 Å². The predicted octanol–water partition coefficient (Wildman–Crippen LogP) is 2.61. The molecule has 0 fully saturated rings. The van der Waals surface area contributed by atoms with E-state index in [0.717, 1.165) is 0 Å². The maximum absolute atomic E-state index is 11.8. The number of hydrogen-bond acceptors (Lipinski definition) is 4. The summed E-state index contributed by atoms with van der Waals surface area (Å²) in [6.07, 6.45) is 0. The van der Waals surface area contributed by atoms with E-state index < -0.39 is 4.92 Å². The highest BCUT2D eigenvalue weighted by Crippen LogP contribution is 2.39. The van der Waals surface area contributed by atoms with Gasteiger partial charge in [-0.3, -0.25) is 14.9 Å². The van der Waals surface area contributed by atoms with Crippen molar-refractivity contribution in [3.8, 4) is 5.75 Å². The molecule has 0 spiro atoms. The Morgan fingerprint density at radius 2 is 2.05 bits per heavy atom. The monoisotopic (exact) mass is 262 g/mol. The normalized spacial score (nSPS) is 10.7. The number of aromatic nitrogens is 1. The summed E-state index contributed by atoms with van der Waals surface area (Å²) in [5.41, 5.74) is 1.58. The lowest BCUT2D eigenvalue weighted by molar-refractivity contribution is -0.383. The first-order chi connectivity index (χ1) is 8.90. The van der Waals surface area contributed by atoms with Crippen LogP contribution in [0, 0.1) is 17.0 Å². The van der Waals surface area contributed by atoms with E-state index in [9.17, 15) is 14.9 Å². The van der Waals surface area contributed by atoms with Crippen LogP contribution in [-0.4, -0.2) is 22.4 Å². The number of ketones is 1. The number of hydrogen-bond donors (Lipinski definition) is 0. The lowest BCUT2D eigenvalue weighted by Crippen LogP contribution is -1.98. The fourth-order valence-corrected chi connectivity index (χ4v) is 2.39. The van der Waals surface area contributed by atoms with Gasteiger partial charge in [-0.1, -0.05) is 0 Å². The van der Waals surface area contributed by atoms with Crippen LogP contribution in [0.1, 0.15) is 23.0 Å². The van der Waals surface area contributed by atoms with Crippen LogP contribution in [0.15, 0.2) is 12.1 Å². The third kappa shape index (κ3) is 1.76. The Balaban J connectivity index is 3.06. The van der Waals surface area contributed by atoms with E-state index in [2.05, 4.69) is 0 Å². The number of methoxy groups -OCH3 is 1. The lowest BCUT2D eigenvalue weighted by atomic mass is 10.1. The molecule has 0 atom stereocenters. The van der Waals surface area contributed by atoms with E-state index in [4.69, 9.17) is 4.74 Å². The third-order valence-electron chi connectivity index (χ3n) is 3.35. The zero-order valence-corrected chi connectivity index (χ0v) is 11.2. The van der Waals surface area contributed by atoms with Crippen molar-refractivity contribution in [1.29, 1.82) is 0 Å². The minimum absolute atomic E-state index is 0.158. The van der Waals surface area contributed by atoms with E-state index in [1.165, 1.54) is 14.0 Å². The quantitative estimate of drug-likeness (QED) is 0.484. The molecule has 0 aliphatic rings. The average Bonchev–Trinajstić information content (AvgIpc) is 2.60. The Bertz CT molecular complexity index is 700. The molecule has 0 N–H and O–H groups in total. The Kier molecular flexibility index (Phi) is 3.01. The Morgan fingerprint density at radius 1 is 1.42 bits per heavy atom. The molecular weight excluding hydrogens is 248 g/mol. The van der Waals surface area contributed by atoms with Gasteiger partial charge in [0.15, 0.2) is 11.5 Å². The molecule has 6 heteroatoms.